The zero-order valence-electron chi connectivity index (χ0n) is 9.82. The van der Waals surface area contributed by atoms with Gasteiger partial charge in [0.2, 0.25) is 5.91 Å². The monoisotopic (exact) mass is 225 g/mol. The average molecular weight is 225 g/mol. The minimum Gasteiger partial charge on any atom is -0.481 e. The predicted octanol–water partition coefficient (Wildman–Crippen LogP) is 1.71. The summed E-state index contributed by atoms with van der Waals surface area (Å²) in [5.74, 6) is -1.03. The summed E-state index contributed by atoms with van der Waals surface area (Å²) >= 11 is 0. The maximum Gasteiger partial charge on any atom is 0.311 e. The van der Waals surface area contributed by atoms with Gasteiger partial charge in [0.25, 0.3) is 0 Å². The first-order valence-corrected chi connectivity index (χ1v) is 5.67. The SMILES string of the molecule is C/C=C/C(=O)NC1CCCCC1(C)C(=O)O. The molecule has 0 saturated heterocycles. The fourth-order valence-corrected chi connectivity index (χ4v) is 2.19. The molecule has 2 atom stereocenters. The zero-order valence-corrected chi connectivity index (χ0v) is 9.82. The third kappa shape index (κ3) is 2.62. The van der Waals surface area contributed by atoms with Crippen LogP contribution in [0.25, 0.3) is 0 Å². The highest BCUT2D eigenvalue weighted by Gasteiger charge is 2.43. The van der Waals surface area contributed by atoms with Crippen LogP contribution in [-0.2, 0) is 9.59 Å². The van der Waals surface area contributed by atoms with E-state index >= 15 is 0 Å². The van der Waals surface area contributed by atoms with E-state index in [0.717, 1.165) is 19.3 Å². The van der Waals surface area contributed by atoms with Gasteiger partial charge in [0.15, 0.2) is 0 Å². The van der Waals surface area contributed by atoms with E-state index in [1.54, 1.807) is 19.9 Å². The predicted molar refractivity (Wildman–Crippen MR) is 61.0 cm³/mol. The fraction of sp³-hybridized carbons (Fsp3) is 0.667. The number of hydrogen-bond acceptors (Lipinski definition) is 2. The summed E-state index contributed by atoms with van der Waals surface area (Å²) in [7, 11) is 0. The Bertz CT molecular complexity index is 311. The lowest BCUT2D eigenvalue weighted by Crippen LogP contribution is -2.51. The quantitative estimate of drug-likeness (QED) is 0.718. The van der Waals surface area contributed by atoms with Gasteiger partial charge in [-0.3, -0.25) is 9.59 Å². The topological polar surface area (TPSA) is 66.4 Å². The Kier molecular flexibility index (Phi) is 4.10. The molecule has 0 aromatic carbocycles. The molecule has 0 aliphatic heterocycles. The maximum absolute atomic E-state index is 11.4. The van der Waals surface area contributed by atoms with Crippen molar-refractivity contribution in [3.8, 4) is 0 Å². The number of allylic oxidation sites excluding steroid dienone is 1. The van der Waals surface area contributed by atoms with Gasteiger partial charge in [0.1, 0.15) is 0 Å². The highest BCUT2D eigenvalue weighted by molar-refractivity contribution is 5.88. The fourth-order valence-electron chi connectivity index (χ4n) is 2.19. The largest absolute Gasteiger partial charge is 0.481 e. The van der Waals surface area contributed by atoms with Crippen molar-refractivity contribution < 1.29 is 14.7 Å². The van der Waals surface area contributed by atoms with Crippen molar-refractivity contribution in [1.82, 2.24) is 5.32 Å². The van der Waals surface area contributed by atoms with Crippen LogP contribution in [0.3, 0.4) is 0 Å². The Labute approximate surface area is 95.7 Å². The minimum atomic E-state index is -0.824. The zero-order chi connectivity index (χ0) is 12.2. The van der Waals surface area contributed by atoms with Crippen molar-refractivity contribution in [2.24, 2.45) is 5.41 Å². The van der Waals surface area contributed by atoms with Crippen molar-refractivity contribution in [3.05, 3.63) is 12.2 Å². The molecule has 0 heterocycles. The van der Waals surface area contributed by atoms with Gasteiger partial charge < -0.3 is 10.4 Å². The van der Waals surface area contributed by atoms with Crippen LogP contribution in [-0.4, -0.2) is 23.0 Å². The molecule has 1 fully saturated rings. The van der Waals surface area contributed by atoms with E-state index in [2.05, 4.69) is 5.32 Å². The molecule has 2 unspecified atom stereocenters. The lowest BCUT2D eigenvalue weighted by atomic mass is 9.71. The molecular weight excluding hydrogens is 206 g/mol. The van der Waals surface area contributed by atoms with E-state index in [0.29, 0.717) is 6.42 Å². The van der Waals surface area contributed by atoms with E-state index in [1.165, 1.54) is 6.08 Å². The van der Waals surface area contributed by atoms with Crippen LogP contribution in [0.5, 0.6) is 0 Å². The van der Waals surface area contributed by atoms with Gasteiger partial charge >= 0.3 is 5.97 Å². The standard InChI is InChI=1S/C12H19NO3/c1-3-6-10(14)13-9-7-4-5-8-12(9,2)11(15)16/h3,6,9H,4-5,7-8H2,1-2H3,(H,13,14)(H,15,16)/b6-3+. The molecule has 1 aliphatic rings. The third-order valence-corrected chi connectivity index (χ3v) is 3.33. The van der Waals surface area contributed by atoms with Crippen LogP contribution in [0.15, 0.2) is 12.2 Å². The van der Waals surface area contributed by atoms with Crippen LogP contribution in [0.4, 0.5) is 0 Å². The second kappa shape index (κ2) is 5.14. The summed E-state index contributed by atoms with van der Waals surface area (Å²) in [5.41, 5.74) is -0.824. The minimum absolute atomic E-state index is 0.207. The molecule has 90 valence electrons. The summed E-state index contributed by atoms with van der Waals surface area (Å²) in [5, 5.41) is 12.0. The molecule has 4 heteroatoms. The lowest BCUT2D eigenvalue weighted by molar-refractivity contribution is -0.151. The van der Waals surface area contributed by atoms with Gasteiger partial charge in [-0.2, -0.15) is 0 Å². The van der Waals surface area contributed by atoms with Gasteiger partial charge in [0.05, 0.1) is 5.41 Å². The van der Waals surface area contributed by atoms with Crippen LogP contribution in [0, 0.1) is 5.41 Å². The molecule has 0 bridgehead atoms. The number of rotatable bonds is 3. The van der Waals surface area contributed by atoms with Crippen LogP contribution >= 0.6 is 0 Å². The van der Waals surface area contributed by atoms with Gasteiger partial charge in [-0.05, 0) is 32.8 Å². The van der Waals surface area contributed by atoms with Crippen molar-refractivity contribution >= 4 is 11.9 Å². The molecule has 4 nitrogen and oxygen atoms in total. The number of carboxylic acids is 1. The molecule has 1 saturated carbocycles. The lowest BCUT2D eigenvalue weighted by Gasteiger charge is -2.38. The first-order chi connectivity index (χ1) is 7.50. The molecule has 2 N–H and O–H groups in total. The number of carbonyl (C=O) groups excluding carboxylic acids is 1. The van der Waals surface area contributed by atoms with Crippen molar-refractivity contribution in [1.29, 1.82) is 0 Å². The van der Waals surface area contributed by atoms with Gasteiger partial charge in [0, 0.05) is 6.04 Å². The van der Waals surface area contributed by atoms with E-state index in [9.17, 15) is 14.7 Å². The molecule has 1 amide bonds. The molecule has 0 spiro atoms. The first-order valence-electron chi connectivity index (χ1n) is 5.67. The van der Waals surface area contributed by atoms with E-state index in [-0.39, 0.29) is 11.9 Å². The van der Waals surface area contributed by atoms with Crippen LogP contribution in [0.1, 0.15) is 39.5 Å². The Morgan fingerprint density at radius 3 is 2.69 bits per heavy atom. The van der Waals surface area contributed by atoms with Crippen molar-refractivity contribution in [2.75, 3.05) is 0 Å². The van der Waals surface area contributed by atoms with E-state index in [1.807, 2.05) is 0 Å². The second-order valence-corrected chi connectivity index (χ2v) is 4.53. The number of aliphatic carboxylic acids is 1. The summed E-state index contributed by atoms with van der Waals surface area (Å²) in [4.78, 5) is 22.7. The average Bonchev–Trinajstić information content (AvgIpc) is 2.21. The van der Waals surface area contributed by atoms with Gasteiger partial charge in [-0.25, -0.2) is 0 Å². The highest BCUT2D eigenvalue weighted by atomic mass is 16.4. The van der Waals surface area contributed by atoms with E-state index in [4.69, 9.17) is 0 Å². The number of carboxylic acid groups (broad SMARTS) is 1. The normalized spacial score (nSPS) is 30.2. The number of amides is 1. The van der Waals surface area contributed by atoms with Gasteiger partial charge in [-0.1, -0.05) is 18.9 Å². The Morgan fingerprint density at radius 1 is 1.44 bits per heavy atom. The molecule has 0 aromatic heterocycles. The molecule has 0 aromatic rings. The Morgan fingerprint density at radius 2 is 2.12 bits per heavy atom. The summed E-state index contributed by atoms with van der Waals surface area (Å²) in [6.45, 7) is 3.48. The summed E-state index contributed by atoms with van der Waals surface area (Å²) < 4.78 is 0. The molecule has 1 rings (SSSR count). The Balaban J connectivity index is 2.75. The summed E-state index contributed by atoms with van der Waals surface area (Å²) in [6.07, 6.45) is 6.34. The highest BCUT2D eigenvalue weighted by Crippen LogP contribution is 2.36. The summed E-state index contributed by atoms with van der Waals surface area (Å²) in [6, 6.07) is -0.262. The maximum atomic E-state index is 11.4. The second-order valence-electron chi connectivity index (χ2n) is 4.53. The number of nitrogens with one attached hydrogen (secondary N) is 1. The van der Waals surface area contributed by atoms with Crippen molar-refractivity contribution in [3.63, 3.8) is 0 Å². The number of hydrogen-bond donors (Lipinski definition) is 2. The smallest absolute Gasteiger partial charge is 0.311 e. The molecule has 1 aliphatic carbocycles. The number of carbonyl (C=O) groups is 2. The molecule has 16 heavy (non-hydrogen) atoms. The first kappa shape index (κ1) is 12.7. The Hall–Kier alpha value is -1.32. The van der Waals surface area contributed by atoms with Gasteiger partial charge in [-0.15, -0.1) is 0 Å². The molecular formula is C12H19NO3. The molecule has 0 radical (unpaired) electrons. The van der Waals surface area contributed by atoms with E-state index < -0.39 is 11.4 Å². The van der Waals surface area contributed by atoms with Crippen LogP contribution < -0.4 is 5.32 Å². The van der Waals surface area contributed by atoms with Crippen molar-refractivity contribution in [2.45, 2.75) is 45.6 Å². The third-order valence-electron chi connectivity index (χ3n) is 3.33. The van der Waals surface area contributed by atoms with Crippen LogP contribution in [0.2, 0.25) is 0 Å².